The maximum atomic E-state index is 11.7. The molecule has 0 spiro atoms. The molecule has 0 aliphatic carbocycles. The maximum absolute atomic E-state index is 11.7. The lowest BCUT2D eigenvalue weighted by molar-refractivity contribution is -0.404. The van der Waals surface area contributed by atoms with Crippen molar-refractivity contribution in [3.05, 3.63) is 127 Å². The van der Waals surface area contributed by atoms with Crippen LogP contribution in [0, 0.1) is 37.3 Å². The standard InChI is InChI=1S/C25H18N4O7/c1-17-11-13-19(14-12-17)26(18-7-3-2-4-8-18)21-9-5-6-10-24(21)36-25-22(28(32)33)15-20(27(30)31)16-23(25)29(34)35/h2-16H,1H3. The number of nitro benzene ring substituents is 3. The Morgan fingerprint density at radius 2 is 1.19 bits per heavy atom. The fourth-order valence-corrected chi connectivity index (χ4v) is 3.60. The van der Waals surface area contributed by atoms with Gasteiger partial charge in [0.15, 0.2) is 5.75 Å². The lowest BCUT2D eigenvalue weighted by atomic mass is 10.1. The molecule has 0 saturated carbocycles. The molecule has 0 aromatic heterocycles. The van der Waals surface area contributed by atoms with Gasteiger partial charge in [0.2, 0.25) is 0 Å². The molecule has 11 nitrogen and oxygen atoms in total. The smallest absolute Gasteiger partial charge is 0.325 e. The van der Waals surface area contributed by atoms with Crippen molar-refractivity contribution in [3.63, 3.8) is 0 Å². The summed E-state index contributed by atoms with van der Waals surface area (Å²) in [5.41, 5.74) is 0.378. The molecule has 0 radical (unpaired) electrons. The van der Waals surface area contributed by atoms with Crippen LogP contribution in [-0.4, -0.2) is 14.8 Å². The van der Waals surface area contributed by atoms with Gasteiger partial charge in [0.05, 0.1) is 32.6 Å². The molecule has 36 heavy (non-hydrogen) atoms. The topological polar surface area (TPSA) is 142 Å². The minimum absolute atomic E-state index is 0.0713. The summed E-state index contributed by atoms with van der Waals surface area (Å²) in [5.74, 6) is -0.637. The normalized spacial score (nSPS) is 10.5. The van der Waals surface area contributed by atoms with Gasteiger partial charge in [-0.3, -0.25) is 30.3 Å². The average Bonchev–Trinajstić information content (AvgIpc) is 2.86. The third-order valence-electron chi connectivity index (χ3n) is 5.26. The summed E-state index contributed by atoms with van der Waals surface area (Å²) in [5, 5.41) is 34.7. The van der Waals surface area contributed by atoms with E-state index in [1.165, 1.54) is 6.07 Å². The highest BCUT2D eigenvalue weighted by atomic mass is 16.6. The van der Waals surface area contributed by atoms with Gasteiger partial charge in [-0.1, -0.05) is 48.0 Å². The lowest BCUT2D eigenvalue weighted by Gasteiger charge is -2.27. The highest BCUT2D eigenvalue weighted by Crippen LogP contribution is 2.47. The lowest BCUT2D eigenvalue weighted by Crippen LogP contribution is -2.11. The van der Waals surface area contributed by atoms with Crippen LogP contribution >= 0.6 is 0 Å². The first kappa shape index (κ1) is 23.8. The first-order valence-corrected chi connectivity index (χ1v) is 10.6. The number of nitrogens with zero attached hydrogens (tertiary/aromatic N) is 4. The van der Waals surface area contributed by atoms with E-state index in [0.717, 1.165) is 16.9 Å². The van der Waals surface area contributed by atoms with Crippen molar-refractivity contribution in [2.45, 2.75) is 6.92 Å². The van der Waals surface area contributed by atoms with Gasteiger partial charge in [-0.15, -0.1) is 0 Å². The van der Waals surface area contributed by atoms with Gasteiger partial charge >= 0.3 is 11.4 Å². The van der Waals surface area contributed by atoms with Crippen LogP contribution in [0.15, 0.2) is 91.0 Å². The van der Waals surface area contributed by atoms with Gasteiger partial charge in [0, 0.05) is 11.4 Å². The molecule has 0 N–H and O–H groups in total. The molecule has 0 saturated heterocycles. The second-order valence-corrected chi connectivity index (χ2v) is 7.66. The highest BCUT2D eigenvalue weighted by Gasteiger charge is 2.33. The van der Waals surface area contributed by atoms with E-state index < -0.39 is 37.6 Å². The van der Waals surface area contributed by atoms with Crippen molar-refractivity contribution in [2.75, 3.05) is 4.90 Å². The van der Waals surface area contributed by atoms with E-state index >= 15 is 0 Å². The Kier molecular flexibility index (Phi) is 6.55. The zero-order chi connectivity index (χ0) is 25.8. The number of anilines is 3. The summed E-state index contributed by atoms with van der Waals surface area (Å²) >= 11 is 0. The molecule has 0 bridgehead atoms. The Bertz CT molecular complexity index is 1420. The fraction of sp³-hybridized carbons (Fsp3) is 0.0400. The highest BCUT2D eigenvalue weighted by molar-refractivity contribution is 5.81. The zero-order valence-corrected chi connectivity index (χ0v) is 18.8. The zero-order valence-electron chi connectivity index (χ0n) is 18.8. The van der Waals surface area contributed by atoms with Crippen LogP contribution in [0.25, 0.3) is 0 Å². The number of ether oxygens (including phenoxy) is 1. The number of hydrogen-bond donors (Lipinski definition) is 0. The van der Waals surface area contributed by atoms with Crippen LogP contribution in [0.1, 0.15) is 5.56 Å². The molecule has 0 fully saturated rings. The molecule has 11 heteroatoms. The number of hydrogen-bond acceptors (Lipinski definition) is 8. The predicted octanol–water partition coefficient (Wildman–Crippen LogP) is 6.98. The number of para-hydroxylation sites is 3. The van der Waals surface area contributed by atoms with E-state index in [1.54, 1.807) is 18.2 Å². The Morgan fingerprint density at radius 3 is 1.75 bits per heavy atom. The summed E-state index contributed by atoms with van der Waals surface area (Å²) in [6.07, 6.45) is 0. The van der Waals surface area contributed by atoms with Gasteiger partial charge in [-0.2, -0.15) is 0 Å². The van der Waals surface area contributed by atoms with Crippen LogP contribution in [-0.2, 0) is 0 Å². The van der Waals surface area contributed by atoms with Gasteiger partial charge in [-0.05, 0) is 43.3 Å². The SMILES string of the molecule is Cc1ccc(N(c2ccccc2)c2ccccc2Oc2c([N+](=O)[O-])cc([N+](=O)[O-])cc2[N+](=O)[O-])cc1. The van der Waals surface area contributed by atoms with Gasteiger partial charge in [0.25, 0.3) is 11.4 Å². The molecule has 180 valence electrons. The van der Waals surface area contributed by atoms with Gasteiger partial charge in [-0.25, -0.2) is 0 Å². The van der Waals surface area contributed by atoms with Crippen LogP contribution < -0.4 is 9.64 Å². The first-order chi connectivity index (χ1) is 17.3. The molecule has 0 heterocycles. The van der Waals surface area contributed by atoms with Crippen LogP contribution in [0.2, 0.25) is 0 Å². The minimum Gasteiger partial charge on any atom is -0.442 e. The molecular formula is C25H18N4O7. The van der Waals surface area contributed by atoms with E-state index in [9.17, 15) is 30.3 Å². The number of rotatable bonds is 8. The maximum Gasteiger partial charge on any atom is 0.325 e. The molecule has 0 aliphatic heterocycles. The Morgan fingerprint density at radius 1 is 0.667 bits per heavy atom. The number of aryl methyl sites for hydroxylation is 1. The second kappa shape index (κ2) is 9.89. The summed E-state index contributed by atoms with van der Waals surface area (Å²) in [6.45, 7) is 1.94. The third-order valence-corrected chi connectivity index (χ3v) is 5.26. The molecule has 0 amide bonds. The Hall–Kier alpha value is -5.32. The van der Waals surface area contributed by atoms with Crippen LogP contribution in [0.5, 0.6) is 11.5 Å². The Balaban J connectivity index is 1.92. The number of benzene rings is 4. The van der Waals surface area contributed by atoms with Crippen molar-refractivity contribution >= 4 is 34.1 Å². The number of non-ortho nitro benzene ring substituents is 1. The molecule has 0 atom stereocenters. The first-order valence-electron chi connectivity index (χ1n) is 10.6. The monoisotopic (exact) mass is 486 g/mol. The van der Waals surface area contributed by atoms with Crippen LogP contribution in [0.4, 0.5) is 34.1 Å². The largest absolute Gasteiger partial charge is 0.442 e. The summed E-state index contributed by atoms with van der Waals surface area (Å²) in [4.78, 5) is 33.7. The molecular weight excluding hydrogens is 468 g/mol. The van der Waals surface area contributed by atoms with Gasteiger partial charge < -0.3 is 9.64 Å². The molecule has 4 rings (SSSR count). The summed E-state index contributed by atoms with van der Waals surface area (Å²) in [6, 6.07) is 24.7. The van der Waals surface area contributed by atoms with E-state index in [1.807, 2.05) is 66.4 Å². The van der Waals surface area contributed by atoms with E-state index in [2.05, 4.69) is 0 Å². The van der Waals surface area contributed by atoms with E-state index in [4.69, 9.17) is 4.74 Å². The van der Waals surface area contributed by atoms with Crippen molar-refractivity contribution < 1.29 is 19.5 Å². The fourth-order valence-electron chi connectivity index (χ4n) is 3.60. The summed E-state index contributed by atoms with van der Waals surface area (Å²) < 4.78 is 5.83. The second-order valence-electron chi connectivity index (χ2n) is 7.66. The van der Waals surface area contributed by atoms with Crippen LogP contribution in [0.3, 0.4) is 0 Å². The Labute approximate surface area is 204 Å². The van der Waals surface area contributed by atoms with Crippen molar-refractivity contribution in [2.24, 2.45) is 0 Å². The quantitative estimate of drug-likeness (QED) is 0.192. The van der Waals surface area contributed by atoms with Crippen molar-refractivity contribution in [1.29, 1.82) is 0 Å². The molecule has 0 unspecified atom stereocenters. The van der Waals surface area contributed by atoms with Crippen molar-refractivity contribution in [3.8, 4) is 11.5 Å². The minimum atomic E-state index is -0.952. The predicted molar refractivity (Wildman–Crippen MR) is 132 cm³/mol. The third kappa shape index (κ3) is 4.80. The van der Waals surface area contributed by atoms with E-state index in [-0.39, 0.29) is 5.75 Å². The van der Waals surface area contributed by atoms with E-state index in [0.29, 0.717) is 17.8 Å². The molecule has 4 aromatic rings. The average molecular weight is 486 g/mol. The molecule has 4 aromatic carbocycles. The molecule has 0 aliphatic rings. The summed E-state index contributed by atoms with van der Waals surface area (Å²) in [7, 11) is 0. The van der Waals surface area contributed by atoms with Crippen molar-refractivity contribution in [1.82, 2.24) is 0 Å². The van der Waals surface area contributed by atoms with Gasteiger partial charge in [0.1, 0.15) is 0 Å². The number of nitro groups is 3.